The molecule has 0 aliphatic carbocycles. The minimum absolute atomic E-state index is 0.0369. The molecule has 0 saturated carbocycles. The molecule has 0 spiro atoms. The van der Waals surface area contributed by atoms with Gasteiger partial charge in [-0.3, -0.25) is 0 Å². The number of nitrogens with zero attached hydrogens (tertiary/aromatic N) is 1. The molecule has 0 amide bonds. The maximum Gasteiger partial charge on any atom is 0.125 e. The van der Waals surface area contributed by atoms with E-state index in [9.17, 15) is 4.79 Å². The van der Waals surface area contributed by atoms with Gasteiger partial charge in [-0.05, 0) is 39.4 Å². The maximum atomic E-state index is 10.7. The van der Waals surface area contributed by atoms with Crippen LogP contribution in [0.5, 0.6) is 0 Å². The van der Waals surface area contributed by atoms with Crippen LogP contribution in [0.3, 0.4) is 0 Å². The predicted octanol–water partition coefficient (Wildman–Crippen LogP) is 1.31. The average molecular weight is 155 g/mol. The van der Waals surface area contributed by atoms with Crippen molar-refractivity contribution in [1.82, 2.24) is 4.90 Å². The monoisotopic (exact) mass is 155 g/mol. The molecule has 1 heterocycles. The molecule has 0 radical (unpaired) electrons. The lowest BCUT2D eigenvalue weighted by Gasteiger charge is -2.19. The summed E-state index contributed by atoms with van der Waals surface area (Å²) in [5.41, 5.74) is -0.0369. The molecule has 64 valence electrons. The van der Waals surface area contributed by atoms with Crippen molar-refractivity contribution >= 4 is 6.29 Å². The Morgan fingerprint density at radius 2 is 2.09 bits per heavy atom. The molecule has 0 bridgehead atoms. The summed E-state index contributed by atoms with van der Waals surface area (Å²) in [5, 5.41) is 0. The zero-order chi connectivity index (χ0) is 8.32. The summed E-state index contributed by atoms with van der Waals surface area (Å²) in [5.74, 6) is 0. The van der Waals surface area contributed by atoms with Gasteiger partial charge in [0.1, 0.15) is 6.29 Å². The molecule has 1 saturated heterocycles. The summed E-state index contributed by atoms with van der Waals surface area (Å²) < 4.78 is 0. The number of carbonyl (C=O) groups is 1. The summed E-state index contributed by atoms with van der Waals surface area (Å²) in [7, 11) is 2.12. The number of carbonyl (C=O) groups excluding carboxylic acids is 1. The van der Waals surface area contributed by atoms with Crippen molar-refractivity contribution in [2.24, 2.45) is 5.41 Å². The van der Waals surface area contributed by atoms with Crippen LogP contribution in [-0.2, 0) is 4.79 Å². The van der Waals surface area contributed by atoms with Gasteiger partial charge in [-0.2, -0.15) is 0 Å². The van der Waals surface area contributed by atoms with E-state index in [0.29, 0.717) is 0 Å². The first-order chi connectivity index (χ1) is 5.16. The van der Waals surface area contributed by atoms with E-state index >= 15 is 0 Å². The van der Waals surface area contributed by atoms with Crippen LogP contribution in [0.25, 0.3) is 0 Å². The molecule has 2 heteroatoms. The molecule has 1 fully saturated rings. The Morgan fingerprint density at radius 3 is 2.73 bits per heavy atom. The van der Waals surface area contributed by atoms with Gasteiger partial charge in [-0.1, -0.05) is 6.92 Å². The highest BCUT2D eigenvalue weighted by Crippen LogP contribution is 2.27. The molecular weight excluding hydrogens is 138 g/mol. The van der Waals surface area contributed by atoms with Gasteiger partial charge in [0.05, 0.1) is 0 Å². The van der Waals surface area contributed by atoms with Gasteiger partial charge < -0.3 is 9.69 Å². The molecule has 2 nitrogen and oxygen atoms in total. The first kappa shape index (κ1) is 8.72. The van der Waals surface area contributed by atoms with Crippen LogP contribution < -0.4 is 0 Å². The second-order valence-electron chi connectivity index (χ2n) is 3.93. The molecule has 1 aliphatic rings. The maximum absolute atomic E-state index is 10.7. The van der Waals surface area contributed by atoms with Gasteiger partial charge >= 0.3 is 0 Å². The number of hydrogen-bond donors (Lipinski definition) is 0. The zero-order valence-corrected chi connectivity index (χ0v) is 7.47. The van der Waals surface area contributed by atoms with Gasteiger partial charge in [0.2, 0.25) is 0 Å². The van der Waals surface area contributed by atoms with E-state index in [1.807, 2.05) is 0 Å². The summed E-state index contributed by atoms with van der Waals surface area (Å²) >= 11 is 0. The van der Waals surface area contributed by atoms with Crippen molar-refractivity contribution in [3.63, 3.8) is 0 Å². The van der Waals surface area contributed by atoms with Gasteiger partial charge in [0, 0.05) is 5.41 Å². The fourth-order valence-electron chi connectivity index (χ4n) is 1.55. The first-order valence-corrected chi connectivity index (χ1v) is 4.31. The van der Waals surface area contributed by atoms with Crippen molar-refractivity contribution in [2.75, 3.05) is 20.1 Å². The standard InChI is InChI=1S/C9H17NO/c1-9(8-11)4-3-6-10(2)7-5-9/h8H,3-7H2,1-2H3. The minimum atomic E-state index is -0.0369. The van der Waals surface area contributed by atoms with Gasteiger partial charge in [0.15, 0.2) is 0 Å². The quantitative estimate of drug-likeness (QED) is 0.532. The molecular formula is C9H17NO. The van der Waals surface area contributed by atoms with Crippen LogP contribution in [-0.4, -0.2) is 31.3 Å². The number of likely N-dealkylation sites (tertiary alicyclic amines) is 1. The van der Waals surface area contributed by atoms with Crippen LogP contribution in [0.2, 0.25) is 0 Å². The Balaban J connectivity index is 2.51. The Kier molecular flexibility index (Phi) is 2.66. The van der Waals surface area contributed by atoms with Crippen LogP contribution in [0.15, 0.2) is 0 Å². The topological polar surface area (TPSA) is 20.3 Å². The van der Waals surface area contributed by atoms with E-state index in [-0.39, 0.29) is 5.41 Å². The Hall–Kier alpha value is -0.370. The lowest BCUT2D eigenvalue weighted by Crippen LogP contribution is -2.22. The van der Waals surface area contributed by atoms with Gasteiger partial charge in [-0.15, -0.1) is 0 Å². The fraction of sp³-hybridized carbons (Fsp3) is 0.889. The van der Waals surface area contributed by atoms with E-state index in [4.69, 9.17) is 0 Å². The van der Waals surface area contributed by atoms with Crippen LogP contribution in [0, 0.1) is 5.41 Å². The third kappa shape index (κ3) is 2.29. The second kappa shape index (κ2) is 3.35. The molecule has 0 N–H and O–H groups in total. The van der Waals surface area contributed by atoms with Gasteiger partial charge in [0.25, 0.3) is 0 Å². The summed E-state index contributed by atoms with van der Waals surface area (Å²) in [4.78, 5) is 13.0. The van der Waals surface area contributed by atoms with Crippen molar-refractivity contribution in [1.29, 1.82) is 0 Å². The van der Waals surface area contributed by atoms with Crippen molar-refractivity contribution in [3.8, 4) is 0 Å². The molecule has 1 atom stereocenters. The smallest absolute Gasteiger partial charge is 0.125 e. The molecule has 0 aromatic rings. The van der Waals surface area contributed by atoms with Crippen molar-refractivity contribution in [2.45, 2.75) is 26.2 Å². The average Bonchev–Trinajstić information content (AvgIpc) is 2.15. The molecule has 0 aromatic carbocycles. The van der Waals surface area contributed by atoms with E-state index in [1.165, 1.54) is 0 Å². The highest BCUT2D eigenvalue weighted by Gasteiger charge is 2.25. The van der Waals surface area contributed by atoms with E-state index in [2.05, 4.69) is 18.9 Å². The van der Waals surface area contributed by atoms with E-state index < -0.39 is 0 Å². The largest absolute Gasteiger partial charge is 0.306 e. The van der Waals surface area contributed by atoms with Crippen LogP contribution >= 0.6 is 0 Å². The number of aldehydes is 1. The Labute approximate surface area is 68.6 Å². The second-order valence-corrected chi connectivity index (χ2v) is 3.93. The normalized spacial score (nSPS) is 34.7. The van der Waals surface area contributed by atoms with Crippen molar-refractivity contribution in [3.05, 3.63) is 0 Å². The Bertz CT molecular complexity index is 146. The lowest BCUT2D eigenvalue weighted by molar-refractivity contribution is -0.115. The van der Waals surface area contributed by atoms with Crippen LogP contribution in [0.1, 0.15) is 26.2 Å². The molecule has 1 unspecified atom stereocenters. The summed E-state index contributed by atoms with van der Waals surface area (Å²) in [6.45, 7) is 4.28. The SMILES string of the molecule is CN1CCCC(C)(C=O)CC1. The molecule has 11 heavy (non-hydrogen) atoms. The lowest BCUT2D eigenvalue weighted by atomic mass is 9.85. The summed E-state index contributed by atoms with van der Waals surface area (Å²) in [6.07, 6.45) is 4.37. The number of hydrogen-bond acceptors (Lipinski definition) is 2. The molecule has 0 aromatic heterocycles. The molecule has 1 aliphatic heterocycles. The van der Waals surface area contributed by atoms with Crippen molar-refractivity contribution < 1.29 is 4.79 Å². The molecule has 1 rings (SSSR count). The number of rotatable bonds is 1. The third-order valence-corrected chi connectivity index (χ3v) is 2.64. The fourth-order valence-corrected chi connectivity index (χ4v) is 1.55. The highest BCUT2D eigenvalue weighted by atomic mass is 16.1. The Morgan fingerprint density at radius 1 is 1.36 bits per heavy atom. The van der Waals surface area contributed by atoms with E-state index in [0.717, 1.165) is 38.6 Å². The first-order valence-electron chi connectivity index (χ1n) is 4.31. The minimum Gasteiger partial charge on any atom is -0.306 e. The predicted molar refractivity (Wildman–Crippen MR) is 45.5 cm³/mol. The van der Waals surface area contributed by atoms with E-state index in [1.54, 1.807) is 0 Å². The van der Waals surface area contributed by atoms with Crippen LogP contribution in [0.4, 0.5) is 0 Å². The highest BCUT2D eigenvalue weighted by molar-refractivity contribution is 5.58. The third-order valence-electron chi connectivity index (χ3n) is 2.64. The zero-order valence-electron chi connectivity index (χ0n) is 7.47. The van der Waals surface area contributed by atoms with Gasteiger partial charge in [-0.25, -0.2) is 0 Å². The summed E-state index contributed by atoms with van der Waals surface area (Å²) in [6, 6.07) is 0.